The number of hydrogen-bond acceptors (Lipinski definition) is 4. The fraction of sp³-hybridized carbons (Fsp3) is 0.174. The zero-order chi connectivity index (χ0) is 22.0. The van der Waals surface area contributed by atoms with Gasteiger partial charge in [-0.1, -0.05) is 41.9 Å². The first-order chi connectivity index (χ1) is 14.9. The Bertz CT molecular complexity index is 1210. The highest BCUT2D eigenvalue weighted by Gasteiger charge is 2.32. The second kappa shape index (κ2) is 8.61. The summed E-state index contributed by atoms with van der Waals surface area (Å²) in [6.45, 7) is 0.151. The van der Waals surface area contributed by atoms with Crippen molar-refractivity contribution in [3.05, 3.63) is 83.4 Å². The SMILES string of the molecule is COc1ccccc1N(CC(=O)N1CCc2ccccc21)S(=O)(=O)c1ccc(Cl)cc1. The Morgan fingerprint density at radius 3 is 2.45 bits per heavy atom. The van der Waals surface area contributed by atoms with Gasteiger partial charge < -0.3 is 9.64 Å². The Labute approximate surface area is 186 Å². The van der Waals surface area contributed by atoms with Crippen LogP contribution in [-0.4, -0.2) is 34.5 Å². The molecule has 3 aromatic carbocycles. The minimum atomic E-state index is -4.06. The van der Waals surface area contributed by atoms with Gasteiger partial charge in [0, 0.05) is 17.3 Å². The van der Waals surface area contributed by atoms with E-state index in [9.17, 15) is 13.2 Å². The lowest BCUT2D eigenvalue weighted by Gasteiger charge is -2.28. The monoisotopic (exact) mass is 456 g/mol. The smallest absolute Gasteiger partial charge is 0.264 e. The molecule has 1 heterocycles. The first-order valence-electron chi connectivity index (χ1n) is 9.71. The number of nitrogens with zero attached hydrogens (tertiary/aromatic N) is 2. The fourth-order valence-electron chi connectivity index (χ4n) is 3.67. The van der Waals surface area contributed by atoms with Crippen molar-refractivity contribution in [2.24, 2.45) is 0 Å². The number of benzene rings is 3. The molecule has 31 heavy (non-hydrogen) atoms. The van der Waals surface area contributed by atoms with Gasteiger partial charge in [0.1, 0.15) is 12.3 Å². The molecule has 0 aromatic heterocycles. The molecule has 1 aliphatic rings. The molecule has 3 aromatic rings. The first-order valence-corrected chi connectivity index (χ1v) is 11.5. The molecule has 8 heteroatoms. The summed E-state index contributed by atoms with van der Waals surface area (Å²) < 4.78 is 33.6. The third-order valence-electron chi connectivity index (χ3n) is 5.22. The largest absolute Gasteiger partial charge is 0.495 e. The van der Waals surface area contributed by atoms with Gasteiger partial charge >= 0.3 is 0 Å². The average Bonchev–Trinajstić information content (AvgIpc) is 3.22. The highest BCUT2D eigenvalue weighted by Crippen LogP contribution is 2.34. The maximum absolute atomic E-state index is 13.6. The van der Waals surface area contributed by atoms with Crippen molar-refractivity contribution in [3.8, 4) is 5.75 Å². The summed E-state index contributed by atoms with van der Waals surface area (Å²) in [5, 5.41) is 0.424. The molecule has 0 saturated heterocycles. The van der Waals surface area contributed by atoms with E-state index in [0.29, 0.717) is 23.0 Å². The number of hydrogen-bond donors (Lipinski definition) is 0. The van der Waals surface area contributed by atoms with E-state index in [1.807, 2.05) is 24.3 Å². The molecule has 0 bridgehead atoms. The summed E-state index contributed by atoms with van der Waals surface area (Å²) in [7, 11) is -2.60. The van der Waals surface area contributed by atoms with E-state index in [4.69, 9.17) is 16.3 Å². The van der Waals surface area contributed by atoms with Crippen molar-refractivity contribution in [3.63, 3.8) is 0 Å². The molecule has 0 fully saturated rings. The van der Waals surface area contributed by atoms with Crippen molar-refractivity contribution < 1.29 is 17.9 Å². The Hall–Kier alpha value is -3.03. The number of para-hydroxylation sites is 3. The van der Waals surface area contributed by atoms with Gasteiger partial charge in [0.15, 0.2) is 0 Å². The Morgan fingerprint density at radius 1 is 1.03 bits per heavy atom. The van der Waals surface area contributed by atoms with Crippen LogP contribution in [0.2, 0.25) is 5.02 Å². The molecule has 1 aliphatic heterocycles. The average molecular weight is 457 g/mol. The molecule has 0 aliphatic carbocycles. The van der Waals surface area contributed by atoms with Crippen LogP contribution in [0.3, 0.4) is 0 Å². The van der Waals surface area contributed by atoms with Gasteiger partial charge in [0.2, 0.25) is 5.91 Å². The number of amides is 1. The summed E-state index contributed by atoms with van der Waals surface area (Å²) in [4.78, 5) is 15.0. The van der Waals surface area contributed by atoms with Crippen LogP contribution in [0.1, 0.15) is 5.56 Å². The van der Waals surface area contributed by atoms with Crippen molar-refractivity contribution in [1.29, 1.82) is 0 Å². The maximum atomic E-state index is 13.6. The summed E-state index contributed by atoms with van der Waals surface area (Å²) in [6, 6.07) is 20.3. The fourth-order valence-corrected chi connectivity index (χ4v) is 5.23. The number of sulfonamides is 1. The Morgan fingerprint density at radius 2 is 1.71 bits per heavy atom. The number of halogens is 1. The van der Waals surface area contributed by atoms with Gasteiger partial charge in [-0.3, -0.25) is 9.10 Å². The minimum Gasteiger partial charge on any atom is -0.495 e. The molecule has 0 atom stereocenters. The molecule has 6 nitrogen and oxygen atoms in total. The number of fused-ring (bicyclic) bond motifs is 1. The number of carbonyl (C=O) groups is 1. The third kappa shape index (κ3) is 4.11. The normalized spacial score (nSPS) is 13.0. The highest BCUT2D eigenvalue weighted by molar-refractivity contribution is 7.92. The van der Waals surface area contributed by atoms with E-state index < -0.39 is 10.0 Å². The molecule has 4 rings (SSSR count). The Kier molecular flexibility index (Phi) is 5.89. The summed E-state index contributed by atoms with van der Waals surface area (Å²) in [6.07, 6.45) is 0.737. The molecular weight excluding hydrogens is 436 g/mol. The van der Waals surface area contributed by atoms with Crippen LogP contribution in [0.15, 0.2) is 77.7 Å². The molecule has 1 amide bonds. The van der Waals surface area contributed by atoms with Crippen molar-refractivity contribution >= 4 is 38.9 Å². The zero-order valence-electron chi connectivity index (χ0n) is 16.9. The number of ether oxygens (including phenoxy) is 1. The lowest BCUT2D eigenvalue weighted by Crippen LogP contribution is -2.42. The van der Waals surface area contributed by atoms with Gasteiger partial charge in [-0.2, -0.15) is 0 Å². The van der Waals surface area contributed by atoms with E-state index in [0.717, 1.165) is 22.0 Å². The van der Waals surface area contributed by atoms with Crippen molar-refractivity contribution in [2.45, 2.75) is 11.3 Å². The van der Waals surface area contributed by atoms with Crippen molar-refractivity contribution in [1.82, 2.24) is 0 Å². The van der Waals surface area contributed by atoms with E-state index in [-0.39, 0.29) is 17.3 Å². The predicted octanol–water partition coefficient (Wildman–Crippen LogP) is 4.13. The van der Waals surface area contributed by atoms with Gasteiger partial charge in [-0.05, 0) is 54.4 Å². The first kappa shape index (κ1) is 21.2. The predicted molar refractivity (Wildman–Crippen MR) is 121 cm³/mol. The molecule has 0 N–H and O–H groups in total. The lowest BCUT2D eigenvalue weighted by atomic mass is 10.2. The summed E-state index contributed by atoms with van der Waals surface area (Å²) in [5.41, 5.74) is 2.18. The van der Waals surface area contributed by atoms with E-state index in [1.54, 1.807) is 29.2 Å². The van der Waals surface area contributed by atoms with Crippen molar-refractivity contribution in [2.75, 3.05) is 29.4 Å². The minimum absolute atomic E-state index is 0.0393. The second-order valence-electron chi connectivity index (χ2n) is 7.06. The maximum Gasteiger partial charge on any atom is 0.264 e. The zero-order valence-corrected chi connectivity index (χ0v) is 18.4. The highest BCUT2D eigenvalue weighted by atomic mass is 35.5. The van der Waals surface area contributed by atoms with Gasteiger partial charge in [-0.15, -0.1) is 0 Å². The third-order valence-corrected chi connectivity index (χ3v) is 7.25. The number of anilines is 2. The number of methoxy groups -OCH3 is 1. The second-order valence-corrected chi connectivity index (χ2v) is 9.36. The molecule has 0 spiro atoms. The van der Waals surface area contributed by atoms with Gasteiger partial charge in [0.25, 0.3) is 10.0 Å². The standard InChI is InChI=1S/C23H21ClN2O4S/c1-30-22-9-5-4-8-21(22)26(31(28,29)19-12-10-18(24)11-13-19)16-23(27)25-15-14-17-6-2-3-7-20(17)25/h2-13H,14-16H2,1H3. The van der Waals surface area contributed by atoms with Crippen LogP contribution in [0.4, 0.5) is 11.4 Å². The summed E-state index contributed by atoms with van der Waals surface area (Å²) >= 11 is 5.94. The number of carbonyl (C=O) groups excluding carboxylic acids is 1. The molecule has 0 unspecified atom stereocenters. The number of rotatable bonds is 6. The van der Waals surface area contributed by atoms with Crippen LogP contribution < -0.4 is 13.9 Å². The topological polar surface area (TPSA) is 66.9 Å². The quantitative estimate of drug-likeness (QED) is 0.559. The summed E-state index contributed by atoms with van der Waals surface area (Å²) in [5.74, 6) is 0.0445. The molecule has 160 valence electrons. The van der Waals surface area contributed by atoms with E-state index in [2.05, 4.69) is 0 Å². The van der Waals surface area contributed by atoms with Crippen LogP contribution in [-0.2, 0) is 21.2 Å². The van der Waals surface area contributed by atoms with Crippen LogP contribution in [0.5, 0.6) is 5.75 Å². The molecule has 0 saturated carbocycles. The van der Waals surface area contributed by atoms with Crippen LogP contribution in [0.25, 0.3) is 0 Å². The van der Waals surface area contributed by atoms with Crippen LogP contribution >= 0.6 is 11.6 Å². The lowest BCUT2D eigenvalue weighted by molar-refractivity contribution is -0.117. The van der Waals surface area contributed by atoms with Gasteiger partial charge in [0.05, 0.1) is 17.7 Å². The Balaban J connectivity index is 1.75. The van der Waals surface area contributed by atoms with E-state index in [1.165, 1.54) is 31.4 Å². The van der Waals surface area contributed by atoms with E-state index >= 15 is 0 Å². The van der Waals surface area contributed by atoms with Crippen LogP contribution in [0, 0.1) is 0 Å². The van der Waals surface area contributed by atoms with Gasteiger partial charge in [-0.25, -0.2) is 8.42 Å². The molecule has 0 radical (unpaired) electrons. The molecular formula is C23H21ClN2O4S.